The summed E-state index contributed by atoms with van der Waals surface area (Å²) >= 11 is 0. The van der Waals surface area contributed by atoms with Gasteiger partial charge in [-0.3, -0.25) is 4.79 Å². The summed E-state index contributed by atoms with van der Waals surface area (Å²) in [5, 5.41) is 22.2. The van der Waals surface area contributed by atoms with Crippen molar-refractivity contribution in [1.29, 1.82) is 0 Å². The van der Waals surface area contributed by atoms with Crippen molar-refractivity contribution >= 4 is 22.6 Å². The van der Waals surface area contributed by atoms with Gasteiger partial charge < -0.3 is 19.9 Å². The summed E-state index contributed by atoms with van der Waals surface area (Å²) in [6, 6.07) is 10.4. The molecule has 0 saturated carbocycles. The van der Waals surface area contributed by atoms with Gasteiger partial charge in [-0.05, 0) is 55.7 Å². The van der Waals surface area contributed by atoms with Crippen LogP contribution in [-0.2, 0) is 17.6 Å². The Morgan fingerprint density at radius 3 is 2.44 bits per heavy atom. The van der Waals surface area contributed by atoms with Crippen molar-refractivity contribution in [2.24, 2.45) is 0 Å². The van der Waals surface area contributed by atoms with Gasteiger partial charge in [-0.1, -0.05) is 12.1 Å². The molecule has 6 nitrogen and oxygen atoms in total. The molecular formula is C21H21NO5. The molecule has 1 aromatic heterocycles. The molecule has 3 aromatic rings. The van der Waals surface area contributed by atoms with Gasteiger partial charge in [0, 0.05) is 23.2 Å². The third-order valence-corrected chi connectivity index (χ3v) is 4.65. The van der Waals surface area contributed by atoms with Crippen molar-refractivity contribution in [2.75, 3.05) is 11.9 Å². The van der Waals surface area contributed by atoms with Gasteiger partial charge in [0.1, 0.15) is 11.3 Å². The molecule has 0 spiro atoms. The highest BCUT2D eigenvalue weighted by Crippen LogP contribution is 2.28. The maximum absolute atomic E-state index is 12.4. The van der Waals surface area contributed by atoms with E-state index < -0.39 is 5.63 Å². The molecule has 0 fully saturated rings. The number of hydrogen-bond acceptors (Lipinski definition) is 5. The van der Waals surface area contributed by atoms with Crippen molar-refractivity contribution in [3.05, 3.63) is 69.1 Å². The largest absolute Gasteiger partial charge is 0.508 e. The monoisotopic (exact) mass is 367 g/mol. The molecule has 0 unspecified atom stereocenters. The normalized spacial score (nSPS) is 10.9. The third kappa shape index (κ3) is 3.85. The van der Waals surface area contributed by atoms with Gasteiger partial charge in [0.25, 0.3) is 0 Å². The second kappa shape index (κ2) is 7.63. The van der Waals surface area contributed by atoms with Gasteiger partial charge in [0.15, 0.2) is 0 Å². The van der Waals surface area contributed by atoms with Crippen molar-refractivity contribution in [2.45, 2.75) is 26.7 Å². The Morgan fingerprint density at radius 2 is 1.78 bits per heavy atom. The van der Waals surface area contributed by atoms with E-state index in [9.17, 15) is 14.7 Å². The van der Waals surface area contributed by atoms with Crippen molar-refractivity contribution in [3.8, 4) is 5.75 Å². The average Bonchev–Trinajstić information content (AvgIpc) is 2.64. The van der Waals surface area contributed by atoms with Crippen LogP contribution in [0.3, 0.4) is 0 Å². The molecule has 0 atom stereocenters. The van der Waals surface area contributed by atoms with Gasteiger partial charge in [-0.15, -0.1) is 0 Å². The summed E-state index contributed by atoms with van der Waals surface area (Å²) in [7, 11) is 0. The zero-order valence-corrected chi connectivity index (χ0v) is 15.2. The average molecular weight is 367 g/mol. The van der Waals surface area contributed by atoms with Crippen LogP contribution >= 0.6 is 0 Å². The number of phenolic OH excluding ortho intramolecular Hbond substituents is 1. The van der Waals surface area contributed by atoms with Crippen LogP contribution in [0.15, 0.2) is 45.6 Å². The zero-order chi connectivity index (χ0) is 19.6. The Labute approximate surface area is 156 Å². The number of fused-ring (bicyclic) bond motifs is 1. The van der Waals surface area contributed by atoms with Gasteiger partial charge >= 0.3 is 5.63 Å². The van der Waals surface area contributed by atoms with Crippen LogP contribution in [0.4, 0.5) is 5.69 Å². The van der Waals surface area contributed by atoms with Crippen molar-refractivity contribution in [1.82, 2.24) is 0 Å². The Morgan fingerprint density at radius 1 is 1.07 bits per heavy atom. The predicted octanol–water partition coefficient (Wildman–Crippen LogP) is 2.83. The number of hydrogen-bond donors (Lipinski definition) is 3. The molecule has 3 rings (SSSR count). The Hall–Kier alpha value is -3.12. The molecule has 0 radical (unpaired) electrons. The van der Waals surface area contributed by atoms with Crippen molar-refractivity contribution in [3.63, 3.8) is 0 Å². The van der Waals surface area contributed by atoms with Crippen molar-refractivity contribution < 1.29 is 19.4 Å². The Kier molecular flexibility index (Phi) is 5.28. The molecule has 0 bridgehead atoms. The van der Waals surface area contributed by atoms with E-state index in [1.54, 1.807) is 38.1 Å². The van der Waals surface area contributed by atoms with Gasteiger partial charge in [0.2, 0.25) is 5.91 Å². The number of aromatic hydroxyl groups is 1. The second-order valence-corrected chi connectivity index (χ2v) is 6.47. The fourth-order valence-electron chi connectivity index (χ4n) is 3.03. The fourth-order valence-corrected chi connectivity index (χ4v) is 3.03. The summed E-state index contributed by atoms with van der Waals surface area (Å²) < 4.78 is 5.36. The first-order chi connectivity index (χ1) is 12.9. The molecule has 0 aliphatic rings. The molecule has 3 N–H and O–H groups in total. The first-order valence-corrected chi connectivity index (χ1v) is 8.65. The first-order valence-electron chi connectivity index (χ1n) is 8.65. The van der Waals surface area contributed by atoms with E-state index in [1.165, 1.54) is 0 Å². The number of aliphatic hydroxyl groups is 1. The van der Waals surface area contributed by atoms with Gasteiger partial charge in [-0.25, -0.2) is 4.79 Å². The van der Waals surface area contributed by atoms with Crippen LogP contribution in [0.2, 0.25) is 0 Å². The summed E-state index contributed by atoms with van der Waals surface area (Å²) in [6.45, 7) is 3.51. The van der Waals surface area contributed by atoms with E-state index in [4.69, 9.17) is 9.52 Å². The van der Waals surface area contributed by atoms with E-state index in [0.717, 1.165) is 5.56 Å². The lowest BCUT2D eigenvalue weighted by Gasteiger charge is -2.10. The van der Waals surface area contributed by atoms with E-state index in [2.05, 4.69) is 5.32 Å². The minimum Gasteiger partial charge on any atom is -0.508 e. The topological polar surface area (TPSA) is 99.8 Å². The van der Waals surface area contributed by atoms with Crippen LogP contribution in [0.25, 0.3) is 11.0 Å². The molecule has 0 aliphatic carbocycles. The zero-order valence-electron chi connectivity index (χ0n) is 15.2. The molecule has 1 amide bonds. The van der Waals surface area contributed by atoms with E-state index in [-0.39, 0.29) is 24.7 Å². The number of anilines is 1. The van der Waals surface area contributed by atoms with E-state index in [0.29, 0.717) is 39.8 Å². The maximum atomic E-state index is 12.4. The molecular weight excluding hydrogens is 346 g/mol. The fraction of sp³-hybridized carbons (Fsp3) is 0.238. The summed E-state index contributed by atoms with van der Waals surface area (Å²) in [5.41, 5.74) is 2.79. The number of carbonyl (C=O) groups excluding carboxylic acids is 1. The Balaban J connectivity index is 1.84. The smallest absolute Gasteiger partial charge is 0.340 e. The first kappa shape index (κ1) is 18.7. The number of nitrogens with one attached hydrogen (secondary N) is 1. The molecule has 2 aromatic carbocycles. The number of aryl methyl sites for hydroxylation is 2. The quantitative estimate of drug-likeness (QED) is 0.602. The molecule has 0 aliphatic heterocycles. The lowest BCUT2D eigenvalue weighted by Crippen LogP contribution is -2.20. The van der Waals surface area contributed by atoms with Crippen LogP contribution in [0.5, 0.6) is 5.75 Å². The molecule has 1 heterocycles. The molecule has 140 valence electrons. The van der Waals surface area contributed by atoms with Crippen LogP contribution in [0.1, 0.15) is 22.3 Å². The predicted molar refractivity (Wildman–Crippen MR) is 103 cm³/mol. The second-order valence-electron chi connectivity index (χ2n) is 6.47. The number of aliphatic hydroxyl groups excluding tert-OH is 1. The number of phenols is 1. The number of amides is 1. The van der Waals surface area contributed by atoms with Crippen LogP contribution < -0.4 is 10.9 Å². The summed E-state index contributed by atoms with van der Waals surface area (Å²) in [4.78, 5) is 24.8. The maximum Gasteiger partial charge on any atom is 0.340 e. The molecule has 6 heteroatoms. The minimum atomic E-state index is -0.581. The SMILES string of the molecule is Cc1c(CC(=O)Nc2ccc(CCO)cc2)c(=O)oc2c(C)c(O)ccc12. The van der Waals surface area contributed by atoms with E-state index in [1.807, 2.05) is 12.1 Å². The van der Waals surface area contributed by atoms with Crippen LogP contribution in [0, 0.1) is 13.8 Å². The lowest BCUT2D eigenvalue weighted by molar-refractivity contribution is -0.115. The minimum absolute atomic E-state index is 0.0557. The van der Waals surface area contributed by atoms with Crippen LogP contribution in [-0.4, -0.2) is 22.7 Å². The third-order valence-electron chi connectivity index (χ3n) is 4.65. The highest BCUT2D eigenvalue weighted by Gasteiger charge is 2.17. The number of benzene rings is 2. The van der Waals surface area contributed by atoms with Gasteiger partial charge in [0.05, 0.1) is 12.0 Å². The van der Waals surface area contributed by atoms with E-state index >= 15 is 0 Å². The highest BCUT2D eigenvalue weighted by molar-refractivity contribution is 5.93. The number of carbonyl (C=O) groups is 1. The van der Waals surface area contributed by atoms with Gasteiger partial charge in [-0.2, -0.15) is 0 Å². The summed E-state index contributed by atoms with van der Waals surface area (Å²) in [6.07, 6.45) is 0.447. The Bertz CT molecular complexity index is 1050. The lowest BCUT2D eigenvalue weighted by atomic mass is 10.0. The summed E-state index contributed by atoms with van der Waals surface area (Å²) in [5.74, 6) is -0.268. The highest BCUT2D eigenvalue weighted by atomic mass is 16.4. The molecule has 27 heavy (non-hydrogen) atoms. The number of rotatable bonds is 5. The molecule has 0 saturated heterocycles. The standard InChI is InChI=1S/C21H21NO5/c1-12-16-7-8-18(24)13(2)20(16)27-21(26)17(12)11-19(25)22-15-5-3-14(4-6-15)9-10-23/h3-8,23-24H,9-11H2,1-2H3,(H,22,25).